The lowest BCUT2D eigenvalue weighted by molar-refractivity contribution is 0.402. The molecule has 0 spiro atoms. The van der Waals surface area contributed by atoms with Gasteiger partial charge in [0.2, 0.25) is 0 Å². The second kappa shape index (κ2) is 7.28. The Hall–Kier alpha value is -0.200. The van der Waals surface area contributed by atoms with E-state index in [2.05, 4.69) is 25.2 Å². The lowest BCUT2D eigenvalue weighted by atomic mass is 9.96. The van der Waals surface area contributed by atoms with Crippen molar-refractivity contribution in [3.8, 4) is 6.07 Å². The van der Waals surface area contributed by atoms with E-state index < -0.39 is 0 Å². The van der Waals surface area contributed by atoms with Crippen LogP contribution in [0.25, 0.3) is 0 Å². The SMILES string of the molecule is CC(C)CSCCCCC(C)(C#N)NC1CC1. The van der Waals surface area contributed by atoms with Gasteiger partial charge in [-0.1, -0.05) is 13.8 Å². The molecule has 1 N–H and O–H groups in total. The van der Waals surface area contributed by atoms with Crippen LogP contribution in [0.3, 0.4) is 0 Å². The minimum atomic E-state index is -0.288. The highest BCUT2D eigenvalue weighted by atomic mass is 32.2. The zero-order valence-corrected chi connectivity index (χ0v) is 12.3. The van der Waals surface area contributed by atoms with Crippen molar-refractivity contribution in [1.82, 2.24) is 5.32 Å². The molecule has 1 aliphatic rings. The first-order chi connectivity index (χ1) is 8.06. The molecule has 0 heterocycles. The Kier molecular flexibility index (Phi) is 6.37. The van der Waals surface area contributed by atoms with Crippen molar-refractivity contribution in [2.75, 3.05) is 11.5 Å². The summed E-state index contributed by atoms with van der Waals surface area (Å²) >= 11 is 2.04. The number of hydrogen-bond donors (Lipinski definition) is 1. The van der Waals surface area contributed by atoms with Crippen LogP contribution < -0.4 is 5.32 Å². The van der Waals surface area contributed by atoms with Crippen LogP contribution in [0.5, 0.6) is 0 Å². The predicted octanol–water partition coefficient (Wildman–Crippen LogP) is 3.58. The number of hydrogen-bond acceptors (Lipinski definition) is 3. The molecule has 0 aromatic heterocycles. The standard InChI is InChI=1S/C14H26N2S/c1-12(2)10-17-9-5-4-8-14(3,11-15)16-13-6-7-13/h12-13,16H,4-10H2,1-3H3. The highest BCUT2D eigenvalue weighted by Crippen LogP contribution is 2.25. The smallest absolute Gasteiger partial charge is 0.104 e. The van der Waals surface area contributed by atoms with Gasteiger partial charge in [-0.2, -0.15) is 17.0 Å². The van der Waals surface area contributed by atoms with Gasteiger partial charge in [0.15, 0.2) is 0 Å². The normalized spacial score (nSPS) is 19.0. The minimum Gasteiger partial charge on any atom is -0.297 e. The van der Waals surface area contributed by atoms with Crippen LogP contribution in [0.4, 0.5) is 0 Å². The Morgan fingerprint density at radius 3 is 2.65 bits per heavy atom. The summed E-state index contributed by atoms with van der Waals surface area (Å²) in [4.78, 5) is 0. The maximum atomic E-state index is 9.22. The van der Waals surface area contributed by atoms with Crippen molar-refractivity contribution in [3.63, 3.8) is 0 Å². The van der Waals surface area contributed by atoms with Crippen molar-refractivity contribution in [2.24, 2.45) is 5.92 Å². The second-order valence-corrected chi connectivity index (χ2v) is 6.94. The van der Waals surface area contributed by atoms with Gasteiger partial charge in [0, 0.05) is 6.04 Å². The van der Waals surface area contributed by atoms with Crippen LogP contribution in [0.15, 0.2) is 0 Å². The van der Waals surface area contributed by atoms with E-state index in [1.54, 1.807) is 0 Å². The summed E-state index contributed by atoms with van der Waals surface area (Å²) in [5.74, 6) is 3.29. The van der Waals surface area contributed by atoms with E-state index in [1.165, 1.54) is 30.8 Å². The average Bonchev–Trinajstić information content (AvgIpc) is 3.06. The molecule has 0 aromatic carbocycles. The van der Waals surface area contributed by atoms with E-state index in [0.717, 1.165) is 18.8 Å². The third kappa shape index (κ3) is 6.95. The lowest BCUT2D eigenvalue weighted by Gasteiger charge is -2.23. The van der Waals surface area contributed by atoms with E-state index in [1.807, 2.05) is 18.7 Å². The van der Waals surface area contributed by atoms with Crippen LogP contribution in [-0.4, -0.2) is 23.1 Å². The molecule has 0 aliphatic heterocycles. The molecule has 17 heavy (non-hydrogen) atoms. The summed E-state index contributed by atoms with van der Waals surface area (Å²) < 4.78 is 0. The Labute approximate surface area is 111 Å². The maximum Gasteiger partial charge on any atom is 0.104 e. The molecule has 98 valence electrons. The van der Waals surface area contributed by atoms with Gasteiger partial charge in [0.1, 0.15) is 5.54 Å². The topological polar surface area (TPSA) is 35.8 Å². The van der Waals surface area contributed by atoms with Crippen molar-refractivity contribution < 1.29 is 0 Å². The fourth-order valence-electron chi connectivity index (χ4n) is 1.84. The van der Waals surface area contributed by atoms with E-state index in [4.69, 9.17) is 0 Å². The molecule has 1 unspecified atom stereocenters. The third-order valence-corrected chi connectivity index (χ3v) is 4.49. The van der Waals surface area contributed by atoms with Gasteiger partial charge in [0.05, 0.1) is 6.07 Å². The van der Waals surface area contributed by atoms with Gasteiger partial charge in [-0.05, 0) is 56.5 Å². The number of nitrogens with zero attached hydrogens (tertiary/aromatic N) is 1. The molecule has 0 bridgehead atoms. The Bertz CT molecular complexity index is 255. The molecule has 0 amide bonds. The highest BCUT2D eigenvalue weighted by Gasteiger charge is 2.31. The molecule has 0 saturated heterocycles. The van der Waals surface area contributed by atoms with Gasteiger partial charge < -0.3 is 0 Å². The van der Waals surface area contributed by atoms with Crippen LogP contribution in [0.1, 0.15) is 52.9 Å². The monoisotopic (exact) mass is 254 g/mol. The highest BCUT2D eigenvalue weighted by molar-refractivity contribution is 7.99. The fourth-order valence-corrected chi connectivity index (χ4v) is 2.89. The van der Waals surface area contributed by atoms with Crippen LogP contribution in [0, 0.1) is 17.2 Å². The molecule has 1 fully saturated rings. The van der Waals surface area contributed by atoms with Crippen molar-refractivity contribution >= 4 is 11.8 Å². The van der Waals surface area contributed by atoms with E-state index in [-0.39, 0.29) is 5.54 Å². The van der Waals surface area contributed by atoms with Crippen molar-refractivity contribution in [1.29, 1.82) is 5.26 Å². The summed E-state index contributed by atoms with van der Waals surface area (Å²) in [6.45, 7) is 6.57. The largest absolute Gasteiger partial charge is 0.297 e. The van der Waals surface area contributed by atoms with E-state index >= 15 is 0 Å². The molecule has 1 saturated carbocycles. The number of rotatable bonds is 9. The number of unbranched alkanes of at least 4 members (excludes halogenated alkanes) is 1. The summed E-state index contributed by atoms with van der Waals surface area (Å²) in [5, 5.41) is 12.7. The average molecular weight is 254 g/mol. The molecule has 1 atom stereocenters. The zero-order valence-electron chi connectivity index (χ0n) is 11.5. The summed E-state index contributed by atoms with van der Waals surface area (Å²) in [6.07, 6.45) is 5.89. The van der Waals surface area contributed by atoms with Crippen molar-refractivity contribution in [2.45, 2.75) is 64.5 Å². The number of thioether (sulfide) groups is 1. The number of nitrogens with one attached hydrogen (secondary N) is 1. The van der Waals surface area contributed by atoms with E-state index in [0.29, 0.717) is 6.04 Å². The summed E-state index contributed by atoms with van der Waals surface area (Å²) in [7, 11) is 0. The molecular weight excluding hydrogens is 228 g/mol. The van der Waals surface area contributed by atoms with Gasteiger partial charge in [-0.15, -0.1) is 0 Å². The van der Waals surface area contributed by atoms with Crippen LogP contribution in [-0.2, 0) is 0 Å². The van der Waals surface area contributed by atoms with Crippen molar-refractivity contribution in [3.05, 3.63) is 0 Å². The molecule has 0 radical (unpaired) electrons. The Morgan fingerprint density at radius 2 is 2.12 bits per heavy atom. The first kappa shape index (κ1) is 14.9. The van der Waals surface area contributed by atoms with Crippen LogP contribution >= 0.6 is 11.8 Å². The molecule has 1 rings (SSSR count). The quantitative estimate of drug-likeness (QED) is 0.639. The summed E-state index contributed by atoms with van der Waals surface area (Å²) in [6, 6.07) is 3.06. The Balaban J connectivity index is 2.05. The molecule has 1 aliphatic carbocycles. The second-order valence-electron chi connectivity index (χ2n) is 5.79. The molecule has 2 nitrogen and oxygen atoms in total. The van der Waals surface area contributed by atoms with Gasteiger partial charge >= 0.3 is 0 Å². The van der Waals surface area contributed by atoms with Crippen LogP contribution in [0.2, 0.25) is 0 Å². The fraction of sp³-hybridized carbons (Fsp3) is 0.929. The van der Waals surface area contributed by atoms with E-state index in [9.17, 15) is 5.26 Å². The molecule has 0 aromatic rings. The molecule has 3 heteroatoms. The maximum absolute atomic E-state index is 9.22. The predicted molar refractivity (Wildman–Crippen MR) is 76.2 cm³/mol. The van der Waals surface area contributed by atoms with Gasteiger partial charge in [-0.3, -0.25) is 5.32 Å². The minimum absolute atomic E-state index is 0.288. The zero-order chi connectivity index (χ0) is 12.7. The third-order valence-electron chi connectivity index (χ3n) is 3.01. The number of nitriles is 1. The van der Waals surface area contributed by atoms with Gasteiger partial charge in [-0.25, -0.2) is 0 Å². The van der Waals surface area contributed by atoms with Gasteiger partial charge in [0.25, 0.3) is 0 Å². The molecular formula is C14H26N2S. The summed E-state index contributed by atoms with van der Waals surface area (Å²) in [5.41, 5.74) is -0.288. The lowest BCUT2D eigenvalue weighted by Crippen LogP contribution is -2.42. The first-order valence-electron chi connectivity index (χ1n) is 6.82. The first-order valence-corrected chi connectivity index (χ1v) is 7.98. The Morgan fingerprint density at radius 1 is 1.41 bits per heavy atom.